The van der Waals surface area contributed by atoms with Crippen LogP contribution in [0, 0.1) is 75.6 Å². The lowest BCUT2D eigenvalue weighted by Gasteiger charge is -2.29. The number of amides is 5. The first-order valence-corrected chi connectivity index (χ1v) is 46.3. The van der Waals surface area contributed by atoms with E-state index in [1.165, 1.54) is 84.2 Å². The molecule has 0 atom stereocenters. The van der Waals surface area contributed by atoms with E-state index < -0.39 is 27.3 Å². The molecule has 3 aliphatic rings. The number of esters is 1. The lowest BCUT2D eigenvalue weighted by molar-refractivity contribution is -0.385. The number of hydrogen-bond acceptors (Lipinski definition) is 20. The number of benzene rings is 9. The molecule has 3 aliphatic heterocycles. The molecule has 4 aromatic heterocycles. The van der Waals surface area contributed by atoms with Crippen LogP contribution in [0.5, 0.6) is 0 Å². The molecule has 694 valence electrons. The molecule has 5 amide bonds. The summed E-state index contributed by atoms with van der Waals surface area (Å²) in [5, 5.41) is 54.7. The second-order valence-electron chi connectivity index (χ2n) is 34.5. The van der Waals surface area contributed by atoms with Crippen LogP contribution in [0.25, 0.3) is 22.7 Å². The molecule has 32 heteroatoms. The predicted octanol–water partition coefficient (Wildman–Crippen LogP) is 21.2. The van der Waals surface area contributed by atoms with E-state index in [4.69, 9.17) is 22.1 Å². The van der Waals surface area contributed by atoms with Gasteiger partial charge in [0, 0.05) is 145 Å². The summed E-state index contributed by atoms with van der Waals surface area (Å²) in [6, 6.07) is 58.2. The highest BCUT2D eigenvalue weighted by Crippen LogP contribution is 2.34. The van der Waals surface area contributed by atoms with Crippen molar-refractivity contribution in [3.05, 3.63) is 322 Å². The number of nitro groups is 2. The molecule has 7 N–H and O–H groups in total. The molecule has 3 fully saturated rings. The van der Waals surface area contributed by atoms with Crippen molar-refractivity contribution in [2.75, 3.05) is 92.0 Å². The second kappa shape index (κ2) is 44.5. The third-order valence-electron chi connectivity index (χ3n) is 23.4. The van der Waals surface area contributed by atoms with Crippen molar-refractivity contribution in [1.82, 2.24) is 39.1 Å². The molecule has 13 aromatic rings. The fourth-order valence-electron chi connectivity index (χ4n) is 15.4. The number of nitro benzene ring substituents is 2. The summed E-state index contributed by atoms with van der Waals surface area (Å²) < 4.78 is 12.2. The smallest absolute Gasteiger partial charge is 0.307 e. The molecule has 16 rings (SSSR count). The minimum Gasteiger partial charge on any atom is -0.460 e. The number of rotatable bonds is 24. The second-order valence-corrected chi connectivity index (χ2v) is 36.1. The Balaban J connectivity index is 0.000000156. The van der Waals surface area contributed by atoms with Gasteiger partial charge in [-0.05, 0) is 305 Å². The Kier molecular flexibility index (Phi) is 32.1. The summed E-state index contributed by atoms with van der Waals surface area (Å²) in [4.78, 5) is 106. The molecule has 3 saturated heterocycles. The zero-order chi connectivity index (χ0) is 95.4. The van der Waals surface area contributed by atoms with E-state index in [2.05, 4.69) is 108 Å². The standard InChI is InChI=1S/C38H45N5O4S.C23H25N5O3.C23H27N5O.C18H15ClN4O3/c1-26-12-13-31(22-27(26)2)43-20-16-34(41-43)40-37(46)32-24-30(42-18-7-6-8-19-42)14-15-33(32)39-36(45)29-11-9-10-28(23-29)25-48-21-17-35(44)47-38(3,4)5;1-16-6-7-19(14-17(16)2)27-13-10-22(25-27)24-23(29)20-15-18(8-9-21(20)28(30)31)26-11-4-3-5-12-26;1-16-6-7-19(14-17(16)2)28-13-10-22(26-28)25-23(29)20-15-18(8-9-21(20)24)27-11-4-3-5-12-27;1-11-3-5-14(9-12(11)2)22-8-7-17(21-22)20-18(24)15-10-13(19)4-6-16(15)23(25)26/h9-16,20,22-24H,6-8,17-19,21,25H2,1-5H3,(H,39,45)(H,40,41,46);6-10,13-15H,3-5,11-12H2,1-2H3,(H,24,25,29);6-10,13-15H,3-5,11-12,24H2,1-2H3,(H,25,26,29);3-10H,1-2H3,(H,20,21,24). The number of nitrogens with one attached hydrogen (secondary N) is 5. The lowest BCUT2D eigenvalue weighted by Crippen LogP contribution is -2.29. The van der Waals surface area contributed by atoms with Crippen molar-refractivity contribution in [2.24, 2.45) is 0 Å². The maximum atomic E-state index is 13.8. The van der Waals surface area contributed by atoms with Crippen LogP contribution in [0.1, 0.15) is 187 Å². The van der Waals surface area contributed by atoms with Crippen LogP contribution in [0.4, 0.5) is 63.1 Å². The topological polar surface area (TPSA) is 365 Å². The average molecular weight is 1850 g/mol. The molecule has 0 bridgehead atoms. The normalized spacial score (nSPS) is 13.0. The highest BCUT2D eigenvalue weighted by Gasteiger charge is 2.28. The summed E-state index contributed by atoms with van der Waals surface area (Å²) >= 11 is 7.47. The molecule has 9 aromatic carbocycles. The highest BCUT2D eigenvalue weighted by atomic mass is 35.5. The molecule has 134 heavy (non-hydrogen) atoms. The van der Waals surface area contributed by atoms with Crippen molar-refractivity contribution in [3.8, 4) is 22.7 Å². The van der Waals surface area contributed by atoms with Crippen LogP contribution in [-0.2, 0) is 15.3 Å². The summed E-state index contributed by atoms with van der Waals surface area (Å²) in [5.74, 6) is 0.470. The van der Waals surface area contributed by atoms with Gasteiger partial charge in [0.05, 0.1) is 55.8 Å². The molecule has 30 nitrogen and oxygen atoms in total. The largest absolute Gasteiger partial charge is 0.460 e. The average Bonchev–Trinajstić information content (AvgIpc) is 1.35. The number of nitrogens with two attached hydrogens (primary N) is 1. The molecule has 0 saturated carbocycles. The van der Waals surface area contributed by atoms with Crippen molar-refractivity contribution < 1.29 is 43.4 Å². The maximum Gasteiger partial charge on any atom is 0.307 e. The van der Waals surface area contributed by atoms with E-state index in [9.17, 15) is 49.0 Å². The zero-order valence-electron chi connectivity index (χ0n) is 77.2. The van der Waals surface area contributed by atoms with Crippen molar-refractivity contribution >= 4 is 122 Å². The summed E-state index contributed by atoms with van der Waals surface area (Å²) in [6.45, 7) is 27.6. The molecule has 0 aliphatic carbocycles. The van der Waals surface area contributed by atoms with Gasteiger partial charge in [0.1, 0.15) is 16.7 Å². The van der Waals surface area contributed by atoms with E-state index in [0.717, 1.165) is 127 Å². The zero-order valence-corrected chi connectivity index (χ0v) is 78.8. The van der Waals surface area contributed by atoms with Gasteiger partial charge in [-0.2, -0.15) is 32.2 Å². The molecule has 0 radical (unpaired) electrons. The first-order chi connectivity index (χ1) is 64.2. The van der Waals surface area contributed by atoms with E-state index in [-0.39, 0.29) is 57.0 Å². The van der Waals surface area contributed by atoms with Crippen LogP contribution in [0.3, 0.4) is 0 Å². The van der Waals surface area contributed by atoms with Gasteiger partial charge in [-0.3, -0.25) is 49.0 Å². The third-order valence-corrected chi connectivity index (χ3v) is 24.7. The number of carbonyl (C=O) groups is 6. The Morgan fingerprint density at radius 3 is 1.14 bits per heavy atom. The van der Waals surface area contributed by atoms with Gasteiger partial charge in [0.25, 0.3) is 40.9 Å². The first-order valence-electron chi connectivity index (χ1n) is 44.7. The molecule has 7 heterocycles. The van der Waals surface area contributed by atoms with Crippen molar-refractivity contribution in [2.45, 2.75) is 152 Å². The number of aryl methyl sites for hydroxylation is 8. The quantitative estimate of drug-likeness (QED) is 0.0108. The fourth-order valence-corrected chi connectivity index (χ4v) is 16.5. The first kappa shape index (κ1) is 96.8. The Labute approximate surface area is 788 Å². The summed E-state index contributed by atoms with van der Waals surface area (Å²) in [6.07, 6.45) is 17.8. The predicted molar refractivity (Wildman–Crippen MR) is 532 cm³/mol. The monoisotopic (exact) mass is 1850 g/mol. The highest BCUT2D eigenvalue weighted by molar-refractivity contribution is 7.98. The fraction of sp³-hybridized carbons (Fsp3) is 0.294. The van der Waals surface area contributed by atoms with Crippen LogP contribution in [-0.4, -0.2) is 135 Å². The Morgan fingerprint density at radius 1 is 0.396 bits per heavy atom. The Hall–Kier alpha value is -14.7. The van der Waals surface area contributed by atoms with Gasteiger partial charge in [-0.15, -0.1) is 0 Å². The number of piperidine rings is 3. The van der Waals surface area contributed by atoms with Gasteiger partial charge in [-0.1, -0.05) is 48.0 Å². The van der Waals surface area contributed by atoms with Crippen LogP contribution in [0.2, 0.25) is 5.02 Å². The van der Waals surface area contributed by atoms with E-state index in [0.29, 0.717) is 63.4 Å². The van der Waals surface area contributed by atoms with Crippen molar-refractivity contribution in [3.63, 3.8) is 0 Å². The van der Waals surface area contributed by atoms with Gasteiger partial charge < -0.3 is 51.8 Å². The number of halogens is 1. The van der Waals surface area contributed by atoms with Gasteiger partial charge >= 0.3 is 5.97 Å². The minimum absolute atomic E-state index is 0.0359. The van der Waals surface area contributed by atoms with E-state index in [1.54, 1.807) is 91.4 Å². The number of ether oxygens (including phenoxy) is 1. The van der Waals surface area contributed by atoms with Gasteiger partial charge in [-0.25, -0.2) is 18.7 Å². The van der Waals surface area contributed by atoms with Crippen LogP contribution in [0.15, 0.2) is 219 Å². The Bertz CT molecular complexity index is 6470. The number of thioether (sulfide) groups is 1. The van der Waals surface area contributed by atoms with Crippen molar-refractivity contribution in [1.29, 1.82) is 0 Å². The number of anilines is 9. The molecular weight excluding hydrogens is 1730 g/mol. The summed E-state index contributed by atoms with van der Waals surface area (Å²) in [5.41, 5.74) is 24.0. The maximum absolute atomic E-state index is 13.8. The Morgan fingerprint density at radius 2 is 0.746 bits per heavy atom. The summed E-state index contributed by atoms with van der Waals surface area (Å²) in [7, 11) is 0. The minimum atomic E-state index is -0.649. The molecular formula is C102H112ClN19O11S. The number of nitrogen functional groups attached to an aromatic ring is 1. The number of hydrogen-bond donors (Lipinski definition) is 6. The van der Waals surface area contributed by atoms with Crippen LogP contribution < -0.4 is 47.0 Å². The third kappa shape index (κ3) is 25.9. The van der Waals surface area contributed by atoms with Crippen LogP contribution >= 0.6 is 23.4 Å². The number of carbonyl (C=O) groups excluding carboxylic acids is 6. The lowest BCUT2D eigenvalue weighted by atomic mass is 10.1. The number of nitrogens with zero attached hydrogens (tertiary/aromatic N) is 13. The number of aromatic nitrogens is 8. The molecule has 0 unspecified atom stereocenters. The van der Waals surface area contributed by atoms with E-state index >= 15 is 0 Å². The van der Waals surface area contributed by atoms with Gasteiger partial charge in [0.15, 0.2) is 23.3 Å². The molecule has 0 spiro atoms. The SMILES string of the molecule is Cc1ccc(-n2ccc(NC(=O)c3cc(Cl)ccc3[N+](=O)[O-])n2)cc1C.Cc1ccc(-n2ccc(NC(=O)c3cc(N4CCCCC4)ccc3N)n2)cc1C.Cc1ccc(-n2ccc(NC(=O)c3cc(N4CCCCC4)ccc3NC(=O)c3cccc(CSCCC(=O)OC(C)(C)C)c3)n2)cc1C.Cc1ccc(-n2ccc(NC(=O)c3cc(N4CCCCC4)ccc3[N+](=O)[O-])n2)cc1C. The van der Waals surface area contributed by atoms with E-state index in [1.807, 2.05) is 164 Å². The van der Waals surface area contributed by atoms with Gasteiger partial charge in [0.2, 0.25) is 0 Å².